The van der Waals surface area contributed by atoms with Gasteiger partial charge in [0.25, 0.3) is 0 Å². The Kier molecular flexibility index (Phi) is 4.45. The van der Waals surface area contributed by atoms with Crippen LogP contribution < -0.4 is 10.2 Å². The highest BCUT2D eigenvalue weighted by atomic mass is 19.1. The number of rotatable bonds is 3. The first kappa shape index (κ1) is 15.1. The first-order valence-electron chi connectivity index (χ1n) is 7.83. The number of halogens is 2. The van der Waals surface area contributed by atoms with Crippen LogP contribution in [-0.2, 0) is 0 Å². The molecule has 22 heavy (non-hydrogen) atoms. The minimum Gasteiger partial charge on any atom is -0.366 e. The van der Waals surface area contributed by atoms with Gasteiger partial charge in [0.1, 0.15) is 11.6 Å². The van der Waals surface area contributed by atoms with Gasteiger partial charge in [0, 0.05) is 45.8 Å². The Balaban J connectivity index is 1.58. The molecule has 3 rings (SSSR count). The van der Waals surface area contributed by atoms with Crippen molar-refractivity contribution in [3.8, 4) is 0 Å². The van der Waals surface area contributed by atoms with Gasteiger partial charge in [0.15, 0.2) is 5.96 Å². The third-order valence-corrected chi connectivity index (χ3v) is 4.29. The fraction of sp³-hybridized carbons (Fsp3) is 0.562. The molecular weight excluding hydrogens is 286 g/mol. The van der Waals surface area contributed by atoms with Gasteiger partial charge in [0.05, 0.1) is 5.69 Å². The summed E-state index contributed by atoms with van der Waals surface area (Å²) in [6.07, 6.45) is 2.60. The smallest absolute Gasteiger partial charge is 0.193 e. The fourth-order valence-corrected chi connectivity index (χ4v) is 2.78. The summed E-state index contributed by atoms with van der Waals surface area (Å²) in [5.41, 5.74) is 0.348. The Bertz CT molecular complexity index is 549. The molecule has 120 valence electrons. The summed E-state index contributed by atoms with van der Waals surface area (Å²) in [5, 5.41) is 3.40. The molecular formula is C16H22F2N4. The molecule has 1 saturated heterocycles. The zero-order valence-corrected chi connectivity index (χ0v) is 12.9. The molecule has 1 aliphatic carbocycles. The van der Waals surface area contributed by atoms with E-state index in [1.807, 2.05) is 4.90 Å². The molecule has 0 unspecified atom stereocenters. The van der Waals surface area contributed by atoms with Crippen molar-refractivity contribution < 1.29 is 8.78 Å². The number of anilines is 1. The molecule has 1 heterocycles. The molecule has 1 saturated carbocycles. The zero-order chi connectivity index (χ0) is 15.5. The molecule has 0 amide bonds. The predicted octanol–water partition coefficient (Wildman–Crippen LogP) is 2.07. The van der Waals surface area contributed by atoms with E-state index in [0.29, 0.717) is 18.8 Å². The molecule has 0 radical (unpaired) electrons. The van der Waals surface area contributed by atoms with Crippen molar-refractivity contribution in [2.24, 2.45) is 10.9 Å². The molecule has 0 atom stereocenters. The number of benzene rings is 1. The van der Waals surface area contributed by atoms with Crippen LogP contribution in [0, 0.1) is 17.6 Å². The third kappa shape index (κ3) is 3.48. The molecule has 0 aromatic heterocycles. The van der Waals surface area contributed by atoms with E-state index in [1.165, 1.54) is 25.0 Å². The van der Waals surface area contributed by atoms with Crippen molar-refractivity contribution in [2.75, 3.05) is 44.7 Å². The molecule has 6 heteroatoms. The standard InChI is InChI=1S/C16H22F2N4/c1-19-16(20-11-12-2-3-12)22-8-6-21(7-9-22)15-10-13(17)4-5-14(15)18/h4-5,10,12H,2-3,6-9,11H2,1H3,(H,19,20). The molecule has 4 nitrogen and oxygen atoms in total. The molecule has 1 aliphatic heterocycles. The van der Waals surface area contributed by atoms with E-state index in [9.17, 15) is 8.78 Å². The Labute approximate surface area is 129 Å². The summed E-state index contributed by atoms with van der Waals surface area (Å²) in [7, 11) is 1.79. The first-order chi connectivity index (χ1) is 10.7. The molecule has 1 N–H and O–H groups in total. The van der Waals surface area contributed by atoms with Gasteiger partial charge in [0.2, 0.25) is 0 Å². The maximum atomic E-state index is 13.8. The van der Waals surface area contributed by atoms with E-state index in [-0.39, 0.29) is 5.82 Å². The van der Waals surface area contributed by atoms with Crippen LogP contribution in [0.1, 0.15) is 12.8 Å². The lowest BCUT2D eigenvalue weighted by Crippen LogP contribution is -2.53. The highest BCUT2D eigenvalue weighted by Crippen LogP contribution is 2.27. The molecule has 0 spiro atoms. The van der Waals surface area contributed by atoms with Crippen molar-refractivity contribution in [3.63, 3.8) is 0 Å². The zero-order valence-electron chi connectivity index (χ0n) is 12.9. The van der Waals surface area contributed by atoms with Crippen LogP contribution in [-0.4, -0.2) is 50.6 Å². The number of piperazine rings is 1. The van der Waals surface area contributed by atoms with Gasteiger partial charge in [-0.1, -0.05) is 0 Å². The minimum atomic E-state index is -0.402. The number of nitrogens with one attached hydrogen (secondary N) is 1. The number of hydrogen-bond acceptors (Lipinski definition) is 2. The quantitative estimate of drug-likeness (QED) is 0.685. The number of nitrogens with zero attached hydrogens (tertiary/aromatic N) is 3. The van der Waals surface area contributed by atoms with E-state index in [4.69, 9.17) is 0 Å². The number of aliphatic imine (C=N–C) groups is 1. The monoisotopic (exact) mass is 308 g/mol. The van der Waals surface area contributed by atoms with E-state index in [2.05, 4.69) is 15.2 Å². The molecule has 0 bridgehead atoms. The third-order valence-electron chi connectivity index (χ3n) is 4.29. The van der Waals surface area contributed by atoms with Gasteiger partial charge < -0.3 is 15.1 Å². The van der Waals surface area contributed by atoms with E-state index in [1.54, 1.807) is 7.05 Å². The van der Waals surface area contributed by atoms with Gasteiger partial charge in [-0.25, -0.2) is 8.78 Å². The van der Waals surface area contributed by atoms with Crippen molar-refractivity contribution in [2.45, 2.75) is 12.8 Å². The predicted molar refractivity (Wildman–Crippen MR) is 84.2 cm³/mol. The van der Waals surface area contributed by atoms with Crippen molar-refractivity contribution in [1.82, 2.24) is 10.2 Å². The van der Waals surface area contributed by atoms with Crippen LogP contribution in [0.2, 0.25) is 0 Å². The SMILES string of the molecule is CN=C(NCC1CC1)N1CCN(c2cc(F)ccc2F)CC1. The summed E-state index contributed by atoms with van der Waals surface area (Å²) < 4.78 is 27.1. The van der Waals surface area contributed by atoms with Crippen molar-refractivity contribution in [1.29, 1.82) is 0 Å². The van der Waals surface area contributed by atoms with Crippen molar-refractivity contribution >= 4 is 11.6 Å². The highest BCUT2D eigenvalue weighted by molar-refractivity contribution is 5.80. The van der Waals surface area contributed by atoms with Crippen LogP contribution in [0.3, 0.4) is 0 Å². The summed E-state index contributed by atoms with van der Waals surface area (Å²) in [5.74, 6) is 0.928. The topological polar surface area (TPSA) is 30.9 Å². The van der Waals surface area contributed by atoms with Gasteiger partial charge >= 0.3 is 0 Å². The molecule has 1 aromatic carbocycles. The van der Waals surface area contributed by atoms with Crippen LogP contribution >= 0.6 is 0 Å². The number of hydrogen-bond donors (Lipinski definition) is 1. The van der Waals surface area contributed by atoms with E-state index < -0.39 is 5.82 Å². The summed E-state index contributed by atoms with van der Waals surface area (Å²) in [6, 6.07) is 3.61. The second kappa shape index (κ2) is 6.50. The Hall–Kier alpha value is -1.85. The lowest BCUT2D eigenvalue weighted by molar-refractivity contribution is 0.370. The van der Waals surface area contributed by atoms with Gasteiger partial charge in [-0.3, -0.25) is 4.99 Å². The second-order valence-electron chi connectivity index (χ2n) is 5.94. The van der Waals surface area contributed by atoms with E-state index in [0.717, 1.165) is 37.6 Å². The Morgan fingerprint density at radius 1 is 1.23 bits per heavy atom. The lowest BCUT2D eigenvalue weighted by atomic mass is 10.2. The maximum absolute atomic E-state index is 13.8. The molecule has 2 fully saturated rings. The van der Waals surface area contributed by atoms with Crippen LogP contribution in [0.5, 0.6) is 0 Å². The van der Waals surface area contributed by atoms with Crippen LogP contribution in [0.15, 0.2) is 23.2 Å². The summed E-state index contributed by atoms with van der Waals surface area (Å²) in [4.78, 5) is 8.39. The molecule has 2 aliphatic rings. The first-order valence-corrected chi connectivity index (χ1v) is 7.83. The van der Waals surface area contributed by atoms with Gasteiger partial charge in [-0.2, -0.15) is 0 Å². The average molecular weight is 308 g/mol. The van der Waals surface area contributed by atoms with Crippen LogP contribution in [0.25, 0.3) is 0 Å². The minimum absolute atomic E-state index is 0.348. The summed E-state index contributed by atoms with van der Waals surface area (Å²) in [6.45, 7) is 3.79. The highest BCUT2D eigenvalue weighted by Gasteiger charge is 2.25. The van der Waals surface area contributed by atoms with Gasteiger partial charge in [-0.15, -0.1) is 0 Å². The summed E-state index contributed by atoms with van der Waals surface area (Å²) >= 11 is 0. The Morgan fingerprint density at radius 2 is 1.95 bits per heavy atom. The average Bonchev–Trinajstić information content (AvgIpc) is 3.35. The normalized spacial score (nSPS) is 19.5. The lowest BCUT2D eigenvalue weighted by Gasteiger charge is -2.37. The van der Waals surface area contributed by atoms with Gasteiger partial charge in [-0.05, 0) is 30.9 Å². The number of guanidine groups is 1. The second-order valence-corrected chi connectivity index (χ2v) is 5.94. The fourth-order valence-electron chi connectivity index (χ4n) is 2.78. The molecule has 1 aromatic rings. The largest absolute Gasteiger partial charge is 0.366 e. The Morgan fingerprint density at radius 3 is 2.59 bits per heavy atom. The van der Waals surface area contributed by atoms with Crippen molar-refractivity contribution in [3.05, 3.63) is 29.8 Å². The maximum Gasteiger partial charge on any atom is 0.193 e. The van der Waals surface area contributed by atoms with Crippen LogP contribution in [0.4, 0.5) is 14.5 Å². The van der Waals surface area contributed by atoms with E-state index >= 15 is 0 Å².